The third-order valence-electron chi connectivity index (χ3n) is 3.50. The van der Waals surface area contributed by atoms with Crippen LogP contribution in [0.5, 0.6) is 11.5 Å². The zero-order valence-corrected chi connectivity index (χ0v) is 14.3. The molecule has 0 N–H and O–H groups in total. The van der Waals surface area contributed by atoms with Crippen molar-refractivity contribution in [2.45, 2.75) is 6.61 Å². The number of methoxy groups -OCH3 is 1. The number of carbonyl (C=O) groups is 1. The van der Waals surface area contributed by atoms with E-state index in [1.807, 2.05) is 12.1 Å². The summed E-state index contributed by atoms with van der Waals surface area (Å²) in [6, 6.07) is 11.8. The van der Waals surface area contributed by atoms with Gasteiger partial charge in [-0.2, -0.15) is 0 Å². The molecule has 1 aromatic heterocycles. The van der Waals surface area contributed by atoms with Crippen molar-refractivity contribution in [3.05, 3.63) is 68.5 Å². The second-order valence-corrected chi connectivity index (χ2v) is 5.96. The SMILES string of the molecule is COc1cc(C=O)ccc1OCc1cc(=O)oc2cc(Br)ccc12. The molecule has 0 aliphatic rings. The predicted molar refractivity (Wildman–Crippen MR) is 92.9 cm³/mol. The Morgan fingerprint density at radius 1 is 1.12 bits per heavy atom. The fraction of sp³-hybridized carbons (Fsp3) is 0.111. The summed E-state index contributed by atoms with van der Waals surface area (Å²) in [6.07, 6.45) is 0.736. The van der Waals surface area contributed by atoms with Gasteiger partial charge in [-0.05, 0) is 36.4 Å². The molecule has 0 bridgehead atoms. The molecule has 0 radical (unpaired) electrons. The minimum atomic E-state index is -0.442. The van der Waals surface area contributed by atoms with Gasteiger partial charge in [0.2, 0.25) is 0 Å². The van der Waals surface area contributed by atoms with Gasteiger partial charge in [-0.1, -0.05) is 15.9 Å². The third kappa shape index (κ3) is 3.33. The van der Waals surface area contributed by atoms with Crippen LogP contribution in [0.4, 0.5) is 0 Å². The van der Waals surface area contributed by atoms with Crippen LogP contribution in [-0.4, -0.2) is 13.4 Å². The van der Waals surface area contributed by atoms with Gasteiger partial charge in [0.15, 0.2) is 11.5 Å². The van der Waals surface area contributed by atoms with Gasteiger partial charge in [0.25, 0.3) is 0 Å². The summed E-state index contributed by atoms with van der Waals surface area (Å²) in [6.45, 7) is 0.167. The monoisotopic (exact) mass is 388 g/mol. The molecule has 2 aromatic carbocycles. The average Bonchev–Trinajstić information content (AvgIpc) is 2.58. The van der Waals surface area contributed by atoms with Crippen LogP contribution in [0.3, 0.4) is 0 Å². The van der Waals surface area contributed by atoms with Crippen molar-refractivity contribution < 1.29 is 18.7 Å². The molecule has 0 fully saturated rings. The van der Waals surface area contributed by atoms with Gasteiger partial charge < -0.3 is 13.9 Å². The first kappa shape index (κ1) is 16.3. The standard InChI is InChI=1S/C18H13BrO5/c1-22-17-6-11(9-20)2-5-15(17)23-10-12-7-18(21)24-16-8-13(19)3-4-14(12)16/h2-9H,10H2,1H3. The summed E-state index contributed by atoms with van der Waals surface area (Å²) in [4.78, 5) is 22.6. The average molecular weight is 389 g/mol. The van der Waals surface area contributed by atoms with E-state index in [0.29, 0.717) is 28.2 Å². The summed E-state index contributed by atoms with van der Waals surface area (Å²) in [5, 5.41) is 0.793. The second-order valence-electron chi connectivity index (χ2n) is 5.05. The van der Waals surface area contributed by atoms with Crippen LogP contribution in [0.1, 0.15) is 15.9 Å². The van der Waals surface area contributed by atoms with Crippen molar-refractivity contribution in [1.82, 2.24) is 0 Å². The Bertz CT molecular complexity index is 961. The Morgan fingerprint density at radius 3 is 2.71 bits per heavy atom. The Hall–Kier alpha value is -2.60. The molecule has 122 valence electrons. The Labute approximate surface area is 145 Å². The van der Waals surface area contributed by atoms with Gasteiger partial charge in [-0.25, -0.2) is 4.79 Å². The lowest BCUT2D eigenvalue weighted by molar-refractivity contribution is 0.112. The van der Waals surface area contributed by atoms with Gasteiger partial charge in [-0.3, -0.25) is 4.79 Å². The largest absolute Gasteiger partial charge is 0.493 e. The van der Waals surface area contributed by atoms with Crippen LogP contribution < -0.4 is 15.1 Å². The number of ether oxygens (including phenoxy) is 2. The summed E-state index contributed by atoms with van der Waals surface area (Å²) >= 11 is 3.35. The summed E-state index contributed by atoms with van der Waals surface area (Å²) in [7, 11) is 1.50. The Morgan fingerprint density at radius 2 is 1.96 bits per heavy atom. The maximum atomic E-state index is 11.7. The van der Waals surface area contributed by atoms with Crippen molar-refractivity contribution in [1.29, 1.82) is 0 Å². The lowest BCUT2D eigenvalue weighted by atomic mass is 10.1. The van der Waals surface area contributed by atoms with E-state index in [1.165, 1.54) is 13.2 Å². The first-order valence-electron chi connectivity index (χ1n) is 7.09. The van der Waals surface area contributed by atoms with E-state index in [0.717, 1.165) is 16.1 Å². The van der Waals surface area contributed by atoms with Crippen LogP contribution in [-0.2, 0) is 6.61 Å². The number of hydrogen-bond donors (Lipinski definition) is 0. The zero-order chi connectivity index (χ0) is 17.1. The molecule has 3 aromatic rings. The van der Waals surface area contributed by atoms with E-state index < -0.39 is 5.63 Å². The molecule has 0 aliphatic heterocycles. The van der Waals surface area contributed by atoms with E-state index in [4.69, 9.17) is 13.9 Å². The van der Waals surface area contributed by atoms with Crippen LogP contribution in [0.2, 0.25) is 0 Å². The fourth-order valence-corrected chi connectivity index (χ4v) is 2.70. The lowest BCUT2D eigenvalue weighted by Crippen LogP contribution is -2.04. The summed E-state index contributed by atoms with van der Waals surface area (Å²) in [5.74, 6) is 0.941. The highest BCUT2D eigenvalue weighted by Crippen LogP contribution is 2.29. The molecule has 0 amide bonds. The van der Waals surface area contributed by atoms with Crippen molar-refractivity contribution in [3.63, 3.8) is 0 Å². The number of rotatable bonds is 5. The lowest BCUT2D eigenvalue weighted by Gasteiger charge is -2.12. The molecule has 0 saturated heterocycles. The van der Waals surface area contributed by atoms with Crippen LogP contribution in [0, 0.1) is 0 Å². The minimum absolute atomic E-state index is 0.167. The van der Waals surface area contributed by atoms with E-state index in [1.54, 1.807) is 24.3 Å². The molecule has 6 heteroatoms. The van der Waals surface area contributed by atoms with E-state index in [-0.39, 0.29) is 6.61 Å². The van der Waals surface area contributed by atoms with Crippen molar-refractivity contribution in [2.75, 3.05) is 7.11 Å². The summed E-state index contributed by atoms with van der Waals surface area (Å²) < 4.78 is 17.0. The van der Waals surface area contributed by atoms with Crippen LogP contribution in [0.25, 0.3) is 11.0 Å². The molecule has 0 atom stereocenters. The maximum absolute atomic E-state index is 11.7. The molecule has 0 aliphatic carbocycles. The molecular formula is C18H13BrO5. The van der Waals surface area contributed by atoms with Gasteiger partial charge in [0, 0.05) is 27.1 Å². The number of halogens is 1. The summed E-state index contributed by atoms with van der Waals surface area (Å²) in [5.41, 5.74) is 1.24. The van der Waals surface area contributed by atoms with E-state index >= 15 is 0 Å². The highest BCUT2D eigenvalue weighted by Gasteiger charge is 2.10. The van der Waals surface area contributed by atoms with Gasteiger partial charge in [0.05, 0.1) is 7.11 Å². The second kappa shape index (κ2) is 6.88. The van der Waals surface area contributed by atoms with Crippen molar-refractivity contribution in [3.8, 4) is 11.5 Å². The number of benzene rings is 2. The maximum Gasteiger partial charge on any atom is 0.336 e. The van der Waals surface area contributed by atoms with Crippen molar-refractivity contribution in [2.24, 2.45) is 0 Å². The Kier molecular flexibility index (Phi) is 4.66. The van der Waals surface area contributed by atoms with Crippen LogP contribution >= 0.6 is 15.9 Å². The molecule has 24 heavy (non-hydrogen) atoms. The molecule has 0 unspecified atom stereocenters. The Balaban J connectivity index is 1.94. The van der Waals surface area contributed by atoms with E-state index in [2.05, 4.69) is 15.9 Å². The topological polar surface area (TPSA) is 65.7 Å². The zero-order valence-electron chi connectivity index (χ0n) is 12.7. The minimum Gasteiger partial charge on any atom is -0.493 e. The molecule has 0 spiro atoms. The van der Waals surface area contributed by atoms with Gasteiger partial charge >= 0.3 is 5.63 Å². The highest BCUT2D eigenvalue weighted by atomic mass is 79.9. The molecule has 5 nitrogen and oxygen atoms in total. The predicted octanol–water partition coefficient (Wildman–Crippen LogP) is 3.96. The first-order valence-corrected chi connectivity index (χ1v) is 7.88. The third-order valence-corrected chi connectivity index (χ3v) is 3.99. The number of carbonyl (C=O) groups excluding carboxylic acids is 1. The quantitative estimate of drug-likeness (QED) is 0.488. The number of aldehydes is 1. The van der Waals surface area contributed by atoms with Gasteiger partial charge in [-0.15, -0.1) is 0 Å². The first-order chi connectivity index (χ1) is 11.6. The highest BCUT2D eigenvalue weighted by molar-refractivity contribution is 9.10. The molecule has 1 heterocycles. The fourth-order valence-electron chi connectivity index (χ4n) is 2.36. The number of fused-ring (bicyclic) bond motifs is 1. The smallest absolute Gasteiger partial charge is 0.336 e. The molecule has 3 rings (SSSR count). The number of hydrogen-bond acceptors (Lipinski definition) is 5. The van der Waals surface area contributed by atoms with E-state index in [9.17, 15) is 9.59 Å². The molecule has 0 saturated carbocycles. The van der Waals surface area contributed by atoms with Gasteiger partial charge in [0.1, 0.15) is 18.5 Å². The van der Waals surface area contributed by atoms with Crippen molar-refractivity contribution >= 4 is 33.2 Å². The molecular weight excluding hydrogens is 376 g/mol. The van der Waals surface area contributed by atoms with Crippen LogP contribution in [0.15, 0.2) is 56.1 Å². The normalized spacial score (nSPS) is 10.6.